The zero-order valence-corrected chi connectivity index (χ0v) is 18.3. The lowest BCUT2D eigenvalue weighted by molar-refractivity contribution is -0.137. The maximum atomic E-state index is 12.7. The fourth-order valence-corrected chi connectivity index (χ4v) is 3.29. The molecule has 0 aliphatic carbocycles. The average molecular weight is 478 g/mol. The molecule has 33 heavy (non-hydrogen) atoms. The summed E-state index contributed by atoms with van der Waals surface area (Å²) in [6.07, 6.45) is -0.0356. The van der Waals surface area contributed by atoms with Crippen molar-refractivity contribution < 1.29 is 22.7 Å². The number of amides is 1. The van der Waals surface area contributed by atoms with Crippen LogP contribution in [-0.4, -0.2) is 28.7 Å². The maximum Gasteiger partial charge on any atom is 0.416 e. The van der Waals surface area contributed by atoms with E-state index < -0.39 is 17.6 Å². The van der Waals surface area contributed by atoms with Gasteiger partial charge in [0, 0.05) is 30.3 Å². The van der Waals surface area contributed by atoms with Crippen LogP contribution in [-0.2, 0) is 12.7 Å². The number of carbonyl (C=O) groups excluding carboxylic acids is 1. The third-order valence-electron chi connectivity index (χ3n) is 4.57. The van der Waals surface area contributed by atoms with Gasteiger partial charge < -0.3 is 20.8 Å². The highest BCUT2D eigenvalue weighted by molar-refractivity contribution is 6.38. The van der Waals surface area contributed by atoms with E-state index in [1.54, 1.807) is 18.5 Å². The molecule has 0 radical (unpaired) electrons. The van der Waals surface area contributed by atoms with E-state index in [4.69, 9.17) is 21.7 Å². The molecule has 1 aromatic carbocycles. The molecule has 2 aromatic heterocycles. The predicted molar refractivity (Wildman–Crippen MR) is 119 cm³/mol. The van der Waals surface area contributed by atoms with Crippen LogP contribution < -0.4 is 15.4 Å². The Bertz CT molecular complexity index is 1180. The van der Waals surface area contributed by atoms with Gasteiger partial charge in [0.05, 0.1) is 35.0 Å². The number of hydrogen-bond acceptors (Lipinski definition) is 6. The van der Waals surface area contributed by atoms with E-state index in [-0.39, 0.29) is 27.5 Å². The van der Waals surface area contributed by atoms with E-state index in [0.29, 0.717) is 18.1 Å². The van der Waals surface area contributed by atoms with Crippen LogP contribution in [0.2, 0.25) is 5.02 Å². The lowest BCUT2D eigenvalue weighted by Gasteiger charge is -2.15. The number of anilines is 2. The number of nitrogens with zero attached hydrogens (tertiary/aromatic N) is 2. The average Bonchev–Trinajstić information content (AvgIpc) is 2.77. The Labute approximate surface area is 192 Å². The van der Waals surface area contributed by atoms with Gasteiger partial charge in [0.1, 0.15) is 11.6 Å². The number of aromatic nitrogens is 2. The molecule has 1 amide bonds. The van der Waals surface area contributed by atoms with Crippen molar-refractivity contribution >= 4 is 34.7 Å². The van der Waals surface area contributed by atoms with Crippen molar-refractivity contribution in [3.8, 4) is 5.75 Å². The second kappa shape index (κ2) is 9.86. The van der Waals surface area contributed by atoms with E-state index in [0.717, 1.165) is 29.8 Å². The molecule has 3 rings (SSSR count). The van der Waals surface area contributed by atoms with Crippen molar-refractivity contribution in [2.75, 3.05) is 17.7 Å². The van der Waals surface area contributed by atoms with E-state index in [2.05, 4.69) is 20.6 Å². The van der Waals surface area contributed by atoms with Gasteiger partial charge in [-0.25, -0.2) is 4.98 Å². The predicted octanol–water partition coefficient (Wildman–Crippen LogP) is 5.41. The highest BCUT2D eigenvalue weighted by Crippen LogP contribution is 2.31. The third-order valence-corrected chi connectivity index (χ3v) is 4.96. The molecule has 2 heterocycles. The number of alkyl halides is 3. The van der Waals surface area contributed by atoms with Crippen molar-refractivity contribution in [3.05, 3.63) is 76.2 Å². The Hall–Kier alpha value is -3.66. The molecule has 0 bridgehead atoms. The van der Waals surface area contributed by atoms with Crippen molar-refractivity contribution in [1.82, 2.24) is 9.97 Å². The minimum atomic E-state index is -4.48. The fourth-order valence-electron chi connectivity index (χ4n) is 2.92. The van der Waals surface area contributed by atoms with Crippen molar-refractivity contribution in [2.45, 2.75) is 19.6 Å². The van der Waals surface area contributed by atoms with Gasteiger partial charge in [0.15, 0.2) is 0 Å². The molecule has 0 fully saturated rings. The quantitative estimate of drug-likeness (QED) is 0.395. The van der Waals surface area contributed by atoms with Crippen molar-refractivity contribution in [2.24, 2.45) is 0 Å². The molecule has 3 aromatic rings. The summed E-state index contributed by atoms with van der Waals surface area (Å²) in [6.45, 7) is 1.81. The topological polar surface area (TPSA) is 100.0 Å². The van der Waals surface area contributed by atoms with E-state index in [1.807, 2.05) is 0 Å². The fraction of sp³-hybridized carbons (Fsp3) is 0.182. The minimum Gasteiger partial charge on any atom is -0.495 e. The van der Waals surface area contributed by atoms with E-state index in [9.17, 15) is 18.0 Å². The number of hydrogen-bond donors (Lipinski definition) is 3. The molecule has 0 unspecified atom stereocenters. The molecule has 7 nitrogen and oxygen atoms in total. The summed E-state index contributed by atoms with van der Waals surface area (Å²) in [7, 11) is 1.53. The standard InChI is InChI=1S/C22H19ClF3N5O2/c1-12(27)18-19(23)17(21(32)31-15-5-3-14(4-6-15)22(24,25)26)11-30-20(18)29-9-13-7-16(33-2)10-28-8-13/h3-8,10-11,27H,9H2,1-2H3,(H,29,30)(H,31,32). The smallest absolute Gasteiger partial charge is 0.416 e. The molecule has 3 N–H and O–H groups in total. The summed E-state index contributed by atoms with van der Waals surface area (Å²) in [4.78, 5) is 21.0. The first-order valence-electron chi connectivity index (χ1n) is 9.54. The highest BCUT2D eigenvalue weighted by atomic mass is 35.5. The van der Waals surface area contributed by atoms with Crippen molar-refractivity contribution in [1.29, 1.82) is 5.41 Å². The van der Waals surface area contributed by atoms with Gasteiger partial charge in [0.25, 0.3) is 5.91 Å². The number of methoxy groups -OCH3 is 1. The summed E-state index contributed by atoms with van der Waals surface area (Å²) in [5, 5.41) is 13.6. The van der Waals surface area contributed by atoms with Crippen LogP contribution in [0.1, 0.15) is 34.0 Å². The molecule has 172 valence electrons. The normalized spacial score (nSPS) is 11.1. The number of halogens is 4. The minimum absolute atomic E-state index is 0.00632. The summed E-state index contributed by atoms with van der Waals surface area (Å²) in [6, 6.07) is 5.79. The summed E-state index contributed by atoms with van der Waals surface area (Å²) in [5.41, 5.74) is 0.403. The van der Waals surface area contributed by atoms with Gasteiger partial charge in [-0.05, 0) is 42.8 Å². The lowest BCUT2D eigenvalue weighted by Crippen LogP contribution is -2.16. The number of benzene rings is 1. The number of pyridine rings is 2. The first-order chi connectivity index (χ1) is 15.6. The first kappa shape index (κ1) is 24.0. The zero-order chi connectivity index (χ0) is 24.2. The van der Waals surface area contributed by atoms with E-state index >= 15 is 0 Å². The second-order valence-corrected chi connectivity index (χ2v) is 7.33. The molecule has 0 aliphatic rings. The Morgan fingerprint density at radius 2 is 1.88 bits per heavy atom. The van der Waals surface area contributed by atoms with E-state index in [1.165, 1.54) is 20.2 Å². The van der Waals surface area contributed by atoms with Gasteiger partial charge in [-0.1, -0.05) is 11.6 Å². The zero-order valence-electron chi connectivity index (χ0n) is 17.5. The van der Waals surface area contributed by atoms with Crippen LogP contribution in [0.4, 0.5) is 24.7 Å². The third kappa shape index (κ3) is 5.78. The number of rotatable bonds is 7. The molecular weight excluding hydrogens is 459 g/mol. The highest BCUT2D eigenvalue weighted by Gasteiger charge is 2.30. The first-order valence-corrected chi connectivity index (χ1v) is 9.92. The Kier molecular flexibility index (Phi) is 7.17. The molecule has 11 heteroatoms. The Morgan fingerprint density at radius 3 is 2.48 bits per heavy atom. The van der Waals surface area contributed by atoms with Crippen LogP contribution in [0.15, 0.2) is 48.9 Å². The molecule has 0 atom stereocenters. The van der Waals surface area contributed by atoms with Crippen molar-refractivity contribution in [3.63, 3.8) is 0 Å². The summed E-state index contributed by atoms with van der Waals surface area (Å²) in [5.74, 6) is 0.207. The van der Waals surface area contributed by atoms with Gasteiger partial charge >= 0.3 is 6.18 Å². The Morgan fingerprint density at radius 1 is 1.18 bits per heavy atom. The molecule has 0 aliphatic heterocycles. The number of nitrogens with one attached hydrogen (secondary N) is 3. The molecule has 0 saturated heterocycles. The van der Waals surface area contributed by atoms with Gasteiger partial charge in [0.2, 0.25) is 0 Å². The maximum absolute atomic E-state index is 12.7. The Balaban J connectivity index is 1.81. The van der Waals surface area contributed by atoms with Gasteiger partial charge in [-0.3, -0.25) is 9.78 Å². The van der Waals surface area contributed by atoms with Crippen LogP contribution in [0.25, 0.3) is 0 Å². The summed E-state index contributed by atoms with van der Waals surface area (Å²) >= 11 is 6.42. The number of carbonyl (C=O) groups is 1. The summed E-state index contributed by atoms with van der Waals surface area (Å²) < 4.78 is 43.3. The molecule has 0 spiro atoms. The van der Waals surface area contributed by atoms with Crippen LogP contribution in [0.5, 0.6) is 5.75 Å². The van der Waals surface area contributed by atoms with Crippen LogP contribution >= 0.6 is 11.6 Å². The largest absolute Gasteiger partial charge is 0.495 e. The SMILES string of the molecule is COc1cncc(CNc2ncc(C(=O)Nc3ccc(C(F)(F)F)cc3)c(Cl)c2C(C)=N)c1. The van der Waals surface area contributed by atoms with Crippen LogP contribution in [0.3, 0.4) is 0 Å². The number of ether oxygens (including phenoxy) is 1. The monoisotopic (exact) mass is 477 g/mol. The molecule has 0 saturated carbocycles. The lowest BCUT2D eigenvalue weighted by atomic mass is 10.1. The van der Waals surface area contributed by atoms with Gasteiger partial charge in [-0.2, -0.15) is 13.2 Å². The van der Waals surface area contributed by atoms with Crippen LogP contribution in [0, 0.1) is 5.41 Å². The molecular formula is C22H19ClF3N5O2. The second-order valence-electron chi connectivity index (χ2n) is 6.95. The van der Waals surface area contributed by atoms with Gasteiger partial charge in [-0.15, -0.1) is 0 Å².